The molecule has 0 bridgehead atoms. The van der Waals surface area contributed by atoms with Crippen LogP contribution >= 0.6 is 0 Å². The van der Waals surface area contributed by atoms with Gasteiger partial charge in [-0.15, -0.1) is 0 Å². The second kappa shape index (κ2) is 4.95. The van der Waals surface area contributed by atoms with E-state index in [2.05, 4.69) is 24.0 Å². The lowest BCUT2D eigenvalue weighted by Gasteiger charge is -2.15. The molecule has 0 amide bonds. The molecule has 0 saturated carbocycles. The largest absolute Gasteiger partial charge is 0.328 e. The lowest BCUT2D eigenvalue weighted by molar-refractivity contribution is 0.111. The molecule has 1 aromatic heterocycles. The molecule has 0 aliphatic rings. The number of aldehydes is 1. The number of benzene rings is 1. The Balaban J connectivity index is 2.42. The van der Waals surface area contributed by atoms with Gasteiger partial charge < -0.3 is 4.57 Å². The minimum Gasteiger partial charge on any atom is -0.328 e. The summed E-state index contributed by atoms with van der Waals surface area (Å²) in [6.45, 7) is 2.13. The highest BCUT2D eigenvalue weighted by atomic mass is 16.1. The Morgan fingerprint density at radius 2 is 2.06 bits per heavy atom. The molecule has 0 aliphatic carbocycles. The average Bonchev–Trinajstić information content (AvgIpc) is 2.73. The van der Waals surface area contributed by atoms with E-state index in [1.165, 1.54) is 5.56 Å². The van der Waals surface area contributed by atoms with Gasteiger partial charge in [-0.25, -0.2) is 4.98 Å². The predicted molar refractivity (Wildman–Crippen MR) is 67.2 cm³/mol. The van der Waals surface area contributed by atoms with Gasteiger partial charge in [0.25, 0.3) is 0 Å². The molecule has 0 aliphatic heterocycles. The summed E-state index contributed by atoms with van der Waals surface area (Å²) in [7, 11) is 1.89. The van der Waals surface area contributed by atoms with E-state index in [-0.39, 0.29) is 5.92 Å². The second-order valence-corrected chi connectivity index (χ2v) is 4.09. The molecule has 3 heteroatoms. The molecule has 2 aromatic rings. The van der Waals surface area contributed by atoms with Crippen LogP contribution in [0.2, 0.25) is 0 Å². The molecule has 1 aromatic carbocycles. The molecule has 88 valence electrons. The summed E-state index contributed by atoms with van der Waals surface area (Å²) in [4.78, 5) is 15.2. The average molecular weight is 228 g/mol. The fourth-order valence-electron chi connectivity index (χ4n) is 2.12. The number of rotatable bonds is 4. The Hall–Kier alpha value is -1.90. The zero-order chi connectivity index (χ0) is 12.3. The van der Waals surface area contributed by atoms with Crippen LogP contribution in [0.25, 0.3) is 0 Å². The minimum atomic E-state index is 0.245. The number of nitrogens with zero attached hydrogens (tertiary/aromatic N) is 2. The third kappa shape index (κ3) is 2.13. The Morgan fingerprint density at radius 3 is 2.59 bits per heavy atom. The lowest BCUT2D eigenvalue weighted by atomic mass is 9.96. The first-order valence-corrected chi connectivity index (χ1v) is 5.79. The van der Waals surface area contributed by atoms with E-state index in [9.17, 15) is 4.79 Å². The van der Waals surface area contributed by atoms with E-state index in [1.807, 2.05) is 29.8 Å². The highest BCUT2D eigenvalue weighted by molar-refractivity contribution is 5.71. The summed E-state index contributed by atoms with van der Waals surface area (Å²) in [5.74, 6) is 1.19. The van der Waals surface area contributed by atoms with Crippen molar-refractivity contribution in [3.8, 4) is 0 Å². The van der Waals surface area contributed by atoms with Gasteiger partial charge in [-0.3, -0.25) is 4.79 Å². The van der Waals surface area contributed by atoms with E-state index < -0.39 is 0 Å². The zero-order valence-electron chi connectivity index (χ0n) is 10.1. The van der Waals surface area contributed by atoms with E-state index >= 15 is 0 Å². The number of carbonyl (C=O) groups is 1. The van der Waals surface area contributed by atoms with Crippen LogP contribution in [0.5, 0.6) is 0 Å². The molecule has 0 N–H and O–H groups in total. The van der Waals surface area contributed by atoms with Crippen LogP contribution in [0.4, 0.5) is 0 Å². The highest BCUT2D eigenvalue weighted by Gasteiger charge is 2.17. The molecule has 2 rings (SSSR count). The van der Waals surface area contributed by atoms with Crippen molar-refractivity contribution in [3.05, 3.63) is 53.6 Å². The summed E-state index contributed by atoms with van der Waals surface area (Å²) < 4.78 is 1.87. The summed E-state index contributed by atoms with van der Waals surface area (Å²) >= 11 is 0. The Kier molecular flexibility index (Phi) is 3.38. The molecule has 1 unspecified atom stereocenters. The number of hydrogen-bond donors (Lipinski definition) is 0. The van der Waals surface area contributed by atoms with Crippen molar-refractivity contribution >= 4 is 6.29 Å². The fourth-order valence-corrected chi connectivity index (χ4v) is 2.12. The Labute approximate surface area is 101 Å². The van der Waals surface area contributed by atoms with Gasteiger partial charge >= 0.3 is 0 Å². The molecule has 0 fully saturated rings. The molecule has 17 heavy (non-hydrogen) atoms. The monoisotopic (exact) mass is 228 g/mol. The van der Waals surface area contributed by atoms with Gasteiger partial charge in [0.2, 0.25) is 0 Å². The standard InChI is InChI=1S/C14H16N2O/c1-3-13(11-7-5-4-6-8-11)14-15-9-12(10-17)16(14)2/h4-10,13H,3H2,1-2H3. The quantitative estimate of drug-likeness (QED) is 0.754. The lowest BCUT2D eigenvalue weighted by Crippen LogP contribution is -2.08. The van der Waals surface area contributed by atoms with Crippen LogP contribution in [0, 0.1) is 0 Å². The summed E-state index contributed by atoms with van der Waals surface area (Å²) in [6.07, 6.45) is 3.44. The smallest absolute Gasteiger partial charge is 0.168 e. The summed E-state index contributed by atoms with van der Waals surface area (Å²) in [5, 5.41) is 0. The van der Waals surface area contributed by atoms with Gasteiger partial charge in [-0.1, -0.05) is 37.3 Å². The van der Waals surface area contributed by atoms with Crippen molar-refractivity contribution in [3.63, 3.8) is 0 Å². The molecular formula is C14H16N2O. The van der Waals surface area contributed by atoms with E-state index in [1.54, 1.807) is 6.20 Å². The van der Waals surface area contributed by atoms with Crippen molar-refractivity contribution in [1.82, 2.24) is 9.55 Å². The topological polar surface area (TPSA) is 34.9 Å². The number of carbonyl (C=O) groups excluding carboxylic acids is 1. The maximum atomic E-state index is 10.8. The predicted octanol–water partition coefficient (Wildman–Crippen LogP) is 2.77. The molecule has 1 heterocycles. The fraction of sp³-hybridized carbons (Fsp3) is 0.286. The highest BCUT2D eigenvalue weighted by Crippen LogP contribution is 2.26. The van der Waals surface area contributed by atoms with Crippen molar-refractivity contribution < 1.29 is 4.79 Å². The van der Waals surface area contributed by atoms with Crippen molar-refractivity contribution in [2.24, 2.45) is 7.05 Å². The number of imidazole rings is 1. The zero-order valence-corrected chi connectivity index (χ0v) is 10.1. The third-order valence-electron chi connectivity index (χ3n) is 3.10. The minimum absolute atomic E-state index is 0.245. The van der Waals surface area contributed by atoms with E-state index in [0.717, 1.165) is 18.5 Å². The second-order valence-electron chi connectivity index (χ2n) is 4.09. The van der Waals surface area contributed by atoms with Gasteiger partial charge in [-0.2, -0.15) is 0 Å². The molecule has 1 atom stereocenters. The van der Waals surface area contributed by atoms with Crippen molar-refractivity contribution in [1.29, 1.82) is 0 Å². The normalized spacial score (nSPS) is 12.4. The van der Waals surface area contributed by atoms with Crippen molar-refractivity contribution in [2.75, 3.05) is 0 Å². The van der Waals surface area contributed by atoms with Crippen LogP contribution in [0.3, 0.4) is 0 Å². The van der Waals surface area contributed by atoms with Crippen LogP contribution < -0.4 is 0 Å². The van der Waals surface area contributed by atoms with Crippen LogP contribution in [-0.4, -0.2) is 15.8 Å². The van der Waals surface area contributed by atoms with Crippen molar-refractivity contribution in [2.45, 2.75) is 19.3 Å². The van der Waals surface area contributed by atoms with Gasteiger partial charge in [0.15, 0.2) is 6.29 Å². The molecule has 0 saturated heterocycles. The SMILES string of the molecule is CCC(c1ccccc1)c1ncc(C=O)n1C. The molecule has 0 spiro atoms. The molecule has 3 nitrogen and oxygen atoms in total. The van der Waals surface area contributed by atoms with Crippen LogP contribution in [0.15, 0.2) is 36.5 Å². The van der Waals surface area contributed by atoms with Gasteiger partial charge in [-0.05, 0) is 12.0 Å². The number of aromatic nitrogens is 2. The first-order chi connectivity index (χ1) is 8.27. The van der Waals surface area contributed by atoms with E-state index in [0.29, 0.717) is 5.69 Å². The maximum Gasteiger partial charge on any atom is 0.168 e. The van der Waals surface area contributed by atoms with Crippen LogP contribution in [0.1, 0.15) is 41.1 Å². The van der Waals surface area contributed by atoms with Crippen LogP contribution in [-0.2, 0) is 7.05 Å². The van der Waals surface area contributed by atoms with Gasteiger partial charge in [0, 0.05) is 13.0 Å². The first kappa shape index (κ1) is 11.6. The number of hydrogen-bond acceptors (Lipinski definition) is 2. The van der Waals surface area contributed by atoms with Gasteiger partial charge in [0.05, 0.1) is 6.20 Å². The summed E-state index contributed by atoms with van der Waals surface area (Å²) in [6, 6.07) is 10.3. The first-order valence-electron chi connectivity index (χ1n) is 5.79. The molecule has 0 radical (unpaired) electrons. The Bertz CT molecular complexity index is 502. The molecular weight excluding hydrogens is 212 g/mol. The third-order valence-corrected chi connectivity index (χ3v) is 3.10. The maximum absolute atomic E-state index is 10.8. The Morgan fingerprint density at radius 1 is 1.35 bits per heavy atom. The summed E-state index contributed by atoms with van der Waals surface area (Å²) in [5.41, 5.74) is 1.86. The van der Waals surface area contributed by atoms with Gasteiger partial charge in [0.1, 0.15) is 11.5 Å². The van der Waals surface area contributed by atoms with E-state index in [4.69, 9.17) is 0 Å².